The molecule has 1 aliphatic carbocycles. The number of ether oxygens (including phenoxy) is 1. The summed E-state index contributed by atoms with van der Waals surface area (Å²) in [6.45, 7) is 2.41. The van der Waals surface area contributed by atoms with Gasteiger partial charge in [0, 0.05) is 13.3 Å². The molecule has 0 saturated heterocycles. The maximum Gasteiger partial charge on any atom is 0.228 e. The van der Waals surface area contributed by atoms with Gasteiger partial charge in [0.25, 0.3) is 0 Å². The Labute approximate surface area is 86.6 Å². The molecular formula is C10H21O3P. The number of rotatable bonds is 6. The molecular weight excluding hydrogens is 199 g/mol. The molecule has 1 fully saturated rings. The van der Waals surface area contributed by atoms with Crippen molar-refractivity contribution in [1.82, 2.24) is 0 Å². The van der Waals surface area contributed by atoms with Crippen LogP contribution in [0.4, 0.5) is 0 Å². The second-order valence-electron chi connectivity index (χ2n) is 3.98. The van der Waals surface area contributed by atoms with Gasteiger partial charge in [-0.25, -0.2) is 0 Å². The van der Waals surface area contributed by atoms with Gasteiger partial charge in [0.1, 0.15) is 6.35 Å². The third kappa shape index (κ3) is 3.72. The zero-order valence-electron chi connectivity index (χ0n) is 9.20. The molecule has 0 aliphatic heterocycles. The first kappa shape index (κ1) is 12.2. The summed E-state index contributed by atoms with van der Waals surface area (Å²) in [4.78, 5) is 0. The molecule has 0 amide bonds. The average Bonchev–Trinajstić information content (AvgIpc) is 2.57. The SMILES string of the molecule is CCOP(=O)(COC)CC1CCCC1. The lowest BCUT2D eigenvalue weighted by Gasteiger charge is -2.20. The Balaban J connectivity index is 2.44. The van der Waals surface area contributed by atoms with E-state index in [0.717, 1.165) is 0 Å². The zero-order valence-corrected chi connectivity index (χ0v) is 10.1. The predicted molar refractivity (Wildman–Crippen MR) is 57.9 cm³/mol. The molecule has 1 atom stereocenters. The standard InChI is InChI=1S/C10H21O3P/c1-3-13-14(11,9-12-2)8-10-6-4-5-7-10/h10H,3-9H2,1-2H3. The molecule has 0 aromatic heterocycles. The van der Waals surface area contributed by atoms with E-state index in [-0.39, 0.29) is 6.35 Å². The quantitative estimate of drug-likeness (QED) is 0.645. The Bertz CT molecular complexity index is 190. The maximum absolute atomic E-state index is 12.2. The Morgan fingerprint density at radius 3 is 2.50 bits per heavy atom. The van der Waals surface area contributed by atoms with Crippen LogP contribution in [0.15, 0.2) is 0 Å². The summed E-state index contributed by atoms with van der Waals surface area (Å²) in [5.41, 5.74) is 0. The minimum Gasteiger partial charge on any atom is -0.375 e. The first-order valence-electron chi connectivity index (χ1n) is 5.42. The first-order chi connectivity index (χ1) is 6.70. The Hall–Kier alpha value is 0.150. The fourth-order valence-corrected chi connectivity index (χ4v) is 4.46. The van der Waals surface area contributed by atoms with Crippen molar-refractivity contribution in [1.29, 1.82) is 0 Å². The molecule has 84 valence electrons. The van der Waals surface area contributed by atoms with Crippen molar-refractivity contribution >= 4 is 7.37 Å². The number of hydrogen-bond acceptors (Lipinski definition) is 3. The van der Waals surface area contributed by atoms with Gasteiger partial charge in [-0.1, -0.05) is 12.8 Å². The first-order valence-corrected chi connectivity index (χ1v) is 7.41. The Morgan fingerprint density at radius 1 is 1.36 bits per heavy atom. The number of hydrogen-bond donors (Lipinski definition) is 0. The molecule has 14 heavy (non-hydrogen) atoms. The van der Waals surface area contributed by atoms with Crippen molar-refractivity contribution < 1.29 is 13.8 Å². The van der Waals surface area contributed by atoms with E-state index in [9.17, 15) is 4.57 Å². The van der Waals surface area contributed by atoms with Crippen LogP contribution in [0, 0.1) is 5.92 Å². The third-order valence-corrected chi connectivity index (χ3v) is 5.15. The van der Waals surface area contributed by atoms with Gasteiger partial charge in [-0.2, -0.15) is 0 Å². The Morgan fingerprint density at radius 2 is 2.00 bits per heavy atom. The molecule has 0 aromatic carbocycles. The highest BCUT2D eigenvalue weighted by molar-refractivity contribution is 7.58. The van der Waals surface area contributed by atoms with Crippen LogP contribution in [0.5, 0.6) is 0 Å². The highest BCUT2D eigenvalue weighted by atomic mass is 31.2. The van der Waals surface area contributed by atoms with E-state index in [1.54, 1.807) is 7.11 Å². The fraction of sp³-hybridized carbons (Fsp3) is 1.00. The molecule has 0 heterocycles. The lowest BCUT2D eigenvalue weighted by Crippen LogP contribution is -2.08. The van der Waals surface area contributed by atoms with Crippen molar-refractivity contribution in [2.75, 3.05) is 26.2 Å². The van der Waals surface area contributed by atoms with E-state index < -0.39 is 7.37 Å². The highest BCUT2D eigenvalue weighted by Crippen LogP contribution is 2.50. The van der Waals surface area contributed by atoms with Gasteiger partial charge < -0.3 is 9.26 Å². The van der Waals surface area contributed by atoms with Crippen LogP contribution in [0.3, 0.4) is 0 Å². The van der Waals surface area contributed by atoms with Crippen LogP contribution in [-0.4, -0.2) is 26.2 Å². The van der Waals surface area contributed by atoms with E-state index in [2.05, 4.69) is 0 Å². The molecule has 1 aliphatic rings. The van der Waals surface area contributed by atoms with Crippen molar-refractivity contribution in [3.8, 4) is 0 Å². The van der Waals surface area contributed by atoms with E-state index in [4.69, 9.17) is 9.26 Å². The Kier molecular flexibility index (Phi) is 5.14. The summed E-state index contributed by atoms with van der Waals surface area (Å²) in [6.07, 6.45) is 5.97. The molecule has 0 aromatic rings. The summed E-state index contributed by atoms with van der Waals surface area (Å²) in [5.74, 6) is 0.600. The van der Waals surface area contributed by atoms with Crippen LogP contribution < -0.4 is 0 Å². The number of methoxy groups -OCH3 is 1. The van der Waals surface area contributed by atoms with Crippen LogP contribution in [0.2, 0.25) is 0 Å². The molecule has 3 nitrogen and oxygen atoms in total. The summed E-state index contributed by atoms with van der Waals surface area (Å²) in [5, 5.41) is 0. The monoisotopic (exact) mass is 220 g/mol. The minimum atomic E-state index is -2.49. The van der Waals surface area contributed by atoms with Crippen LogP contribution in [-0.2, 0) is 13.8 Å². The normalized spacial score (nSPS) is 22.4. The van der Waals surface area contributed by atoms with E-state index in [0.29, 0.717) is 18.7 Å². The van der Waals surface area contributed by atoms with Gasteiger partial charge in [0.2, 0.25) is 7.37 Å². The van der Waals surface area contributed by atoms with Crippen molar-refractivity contribution in [2.24, 2.45) is 5.92 Å². The smallest absolute Gasteiger partial charge is 0.228 e. The molecule has 0 N–H and O–H groups in total. The molecule has 0 spiro atoms. The summed E-state index contributed by atoms with van der Waals surface area (Å²) in [6, 6.07) is 0. The summed E-state index contributed by atoms with van der Waals surface area (Å²) < 4.78 is 22.6. The van der Waals surface area contributed by atoms with Gasteiger partial charge in [0.05, 0.1) is 6.61 Å². The summed E-state index contributed by atoms with van der Waals surface area (Å²) >= 11 is 0. The van der Waals surface area contributed by atoms with Crippen LogP contribution >= 0.6 is 7.37 Å². The van der Waals surface area contributed by atoms with Crippen molar-refractivity contribution in [3.63, 3.8) is 0 Å². The molecule has 4 heteroatoms. The van der Waals surface area contributed by atoms with Gasteiger partial charge >= 0.3 is 0 Å². The van der Waals surface area contributed by atoms with Gasteiger partial charge in [-0.3, -0.25) is 4.57 Å². The van der Waals surface area contributed by atoms with Crippen LogP contribution in [0.25, 0.3) is 0 Å². The second-order valence-corrected chi connectivity index (χ2v) is 6.49. The van der Waals surface area contributed by atoms with Crippen LogP contribution in [0.1, 0.15) is 32.6 Å². The fourth-order valence-electron chi connectivity index (χ4n) is 2.16. The molecule has 1 rings (SSSR count). The van der Waals surface area contributed by atoms with E-state index in [1.807, 2.05) is 6.92 Å². The van der Waals surface area contributed by atoms with Crippen molar-refractivity contribution in [3.05, 3.63) is 0 Å². The summed E-state index contributed by atoms with van der Waals surface area (Å²) in [7, 11) is -0.907. The third-order valence-electron chi connectivity index (χ3n) is 2.70. The highest BCUT2D eigenvalue weighted by Gasteiger charge is 2.28. The van der Waals surface area contributed by atoms with Gasteiger partial charge in [0.15, 0.2) is 0 Å². The minimum absolute atomic E-state index is 0.275. The van der Waals surface area contributed by atoms with E-state index >= 15 is 0 Å². The zero-order chi connectivity index (χ0) is 10.4. The van der Waals surface area contributed by atoms with Crippen molar-refractivity contribution in [2.45, 2.75) is 32.6 Å². The lowest BCUT2D eigenvalue weighted by atomic mass is 10.1. The molecule has 1 saturated carbocycles. The van der Waals surface area contributed by atoms with E-state index in [1.165, 1.54) is 25.7 Å². The predicted octanol–water partition coefficient (Wildman–Crippen LogP) is 3.10. The lowest BCUT2D eigenvalue weighted by molar-refractivity contribution is 0.220. The van der Waals surface area contributed by atoms with Gasteiger partial charge in [-0.05, 0) is 25.7 Å². The second kappa shape index (κ2) is 5.89. The maximum atomic E-state index is 12.2. The topological polar surface area (TPSA) is 35.5 Å². The molecule has 0 bridgehead atoms. The molecule has 0 radical (unpaired) electrons. The van der Waals surface area contributed by atoms with Gasteiger partial charge in [-0.15, -0.1) is 0 Å². The molecule has 1 unspecified atom stereocenters. The average molecular weight is 220 g/mol. The largest absolute Gasteiger partial charge is 0.375 e.